The Morgan fingerprint density at radius 3 is 2.31 bits per heavy atom. The van der Waals surface area contributed by atoms with Crippen molar-refractivity contribution in [1.82, 2.24) is 5.32 Å². The second kappa shape index (κ2) is 9.70. The number of hydrogen-bond donors (Lipinski definition) is 1. The molecule has 4 nitrogen and oxygen atoms in total. The van der Waals surface area contributed by atoms with E-state index < -0.39 is 0 Å². The Bertz CT molecular complexity index is 744. The molecule has 1 N–H and O–H groups in total. The molecule has 2 rings (SSSR count). The van der Waals surface area contributed by atoms with Crippen molar-refractivity contribution in [1.29, 1.82) is 0 Å². The molecule has 0 spiro atoms. The summed E-state index contributed by atoms with van der Waals surface area (Å²) in [5, 5.41) is 4.22. The molecule has 0 heterocycles. The molecule has 0 aliphatic heterocycles. The average Bonchev–Trinajstić information content (AvgIpc) is 2.65. The lowest BCUT2D eigenvalue weighted by atomic mass is 10.0. The maximum atomic E-state index is 12.4. The standard InChI is InChI=1S/C20H23Cl2NO3/c1-4-17(13-8-10-18(25-2)19(12-13)26-3)23-20(24)11-9-14-15(21)6-5-7-16(14)22/h5-8,10,12,17H,4,9,11H2,1-3H3,(H,23,24)/t17-/m1/s1. The van der Waals surface area contributed by atoms with Gasteiger partial charge in [0.25, 0.3) is 0 Å². The Morgan fingerprint density at radius 2 is 1.73 bits per heavy atom. The zero-order valence-corrected chi connectivity index (χ0v) is 16.7. The number of hydrogen-bond acceptors (Lipinski definition) is 3. The van der Waals surface area contributed by atoms with Crippen LogP contribution < -0.4 is 14.8 Å². The Kier molecular flexibility index (Phi) is 7.61. The average molecular weight is 396 g/mol. The molecule has 0 unspecified atom stereocenters. The maximum Gasteiger partial charge on any atom is 0.220 e. The highest BCUT2D eigenvalue weighted by Gasteiger charge is 2.16. The molecule has 0 aliphatic carbocycles. The first-order valence-corrected chi connectivity index (χ1v) is 9.19. The molecule has 0 bridgehead atoms. The van der Waals surface area contributed by atoms with Gasteiger partial charge in [-0.15, -0.1) is 0 Å². The molecule has 0 saturated heterocycles. The molecule has 0 fully saturated rings. The highest BCUT2D eigenvalue weighted by atomic mass is 35.5. The van der Waals surface area contributed by atoms with Gasteiger partial charge >= 0.3 is 0 Å². The molecule has 6 heteroatoms. The van der Waals surface area contributed by atoms with E-state index in [4.69, 9.17) is 32.7 Å². The fourth-order valence-corrected chi connectivity index (χ4v) is 3.35. The number of halogens is 2. The molecule has 1 amide bonds. The van der Waals surface area contributed by atoms with Gasteiger partial charge in [-0.2, -0.15) is 0 Å². The Morgan fingerprint density at radius 1 is 1.08 bits per heavy atom. The first kappa shape index (κ1) is 20.4. The van der Waals surface area contributed by atoms with Crippen molar-refractivity contribution in [3.05, 3.63) is 57.6 Å². The minimum atomic E-state index is -0.107. The highest BCUT2D eigenvalue weighted by Crippen LogP contribution is 2.31. The molecule has 26 heavy (non-hydrogen) atoms. The Labute approximate surface area is 164 Å². The van der Waals surface area contributed by atoms with Crippen molar-refractivity contribution in [2.24, 2.45) is 0 Å². The minimum Gasteiger partial charge on any atom is -0.493 e. The van der Waals surface area contributed by atoms with E-state index in [1.807, 2.05) is 25.1 Å². The largest absolute Gasteiger partial charge is 0.493 e. The SMILES string of the molecule is CC[C@@H](NC(=O)CCc1c(Cl)cccc1Cl)c1ccc(OC)c(OC)c1. The third kappa shape index (κ3) is 5.05. The van der Waals surface area contributed by atoms with E-state index >= 15 is 0 Å². The van der Waals surface area contributed by atoms with Crippen LogP contribution in [0.25, 0.3) is 0 Å². The lowest BCUT2D eigenvalue weighted by molar-refractivity contribution is -0.121. The fourth-order valence-electron chi connectivity index (χ4n) is 2.77. The van der Waals surface area contributed by atoms with Crippen LogP contribution in [0.15, 0.2) is 36.4 Å². The summed E-state index contributed by atoms with van der Waals surface area (Å²) in [4.78, 5) is 12.4. The zero-order valence-electron chi connectivity index (χ0n) is 15.1. The predicted octanol–water partition coefficient (Wildman–Crippen LogP) is 5.21. The summed E-state index contributed by atoms with van der Waals surface area (Å²) in [7, 11) is 3.19. The molecule has 0 aliphatic rings. The second-order valence-electron chi connectivity index (χ2n) is 5.84. The summed E-state index contributed by atoms with van der Waals surface area (Å²) < 4.78 is 10.6. The van der Waals surface area contributed by atoms with Gasteiger partial charge in [-0.05, 0) is 48.2 Å². The van der Waals surface area contributed by atoms with Gasteiger partial charge in [-0.1, -0.05) is 42.3 Å². The Balaban J connectivity index is 2.04. The number of nitrogens with one attached hydrogen (secondary N) is 1. The van der Waals surface area contributed by atoms with Gasteiger partial charge in [-0.3, -0.25) is 4.79 Å². The Hall–Kier alpha value is -1.91. The quantitative estimate of drug-likeness (QED) is 0.666. The number of amides is 1. The van der Waals surface area contributed by atoms with Crippen LogP contribution in [0.5, 0.6) is 11.5 Å². The molecular formula is C20H23Cl2NO3. The minimum absolute atomic E-state index is 0.0531. The van der Waals surface area contributed by atoms with E-state index in [0.717, 1.165) is 17.5 Å². The molecule has 140 valence electrons. The van der Waals surface area contributed by atoms with Crippen LogP contribution in [0, 0.1) is 0 Å². The molecule has 2 aromatic rings. The van der Waals surface area contributed by atoms with Crippen molar-refractivity contribution < 1.29 is 14.3 Å². The van der Waals surface area contributed by atoms with E-state index in [9.17, 15) is 4.79 Å². The zero-order chi connectivity index (χ0) is 19.1. The van der Waals surface area contributed by atoms with E-state index in [-0.39, 0.29) is 11.9 Å². The lowest BCUT2D eigenvalue weighted by Crippen LogP contribution is -2.28. The van der Waals surface area contributed by atoms with Crippen LogP contribution in [0.2, 0.25) is 10.0 Å². The number of ether oxygens (including phenoxy) is 2. The fraction of sp³-hybridized carbons (Fsp3) is 0.350. The number of carbonyl (C=O) groups is 1. The first-order chi connectivity index (χ1) is 12.5. The van der Waals surface area contributed by atoms with Gasteiger partial charge in [0, 0.05) is 16.5 Å². The van der Waals surface area contributed by atoms with Crippen LogP contribution in [0.1, 0.15) is 36.9 Å². The van der Waals surface area contributed by atoms with Crippen molar-refractivity contribution in [3.8, 4) is 11.5 Å². The van der Waals surface area contributed by atoms with Crippen molar-refractivity contribution in [2.45, 2.75) is 32.2 Å². The van der Waals surface area contributed by atoms with Crippen molar-refractivity contribution >= 4 is 29.1 Å². The second-order valence-corrected chi connectivity index (χ2v) is 6.66. The van der Waals surface area contributed by atoms with Gasteiger partial charge in [0.2, 0.25) is 5.91 Å². The predicted molar refractivity (Wildman–Crippen MR) is 106 cm³/mol. The molecule has 0 aromatic heterocycles. The van der Waals surface area contributed by atoms with Crippen molar-refractivity contribution in [2.75, 3.05) is 14.2 Å². The van der Waals surface area contributed by atoms with E-state index in [1.54, 1.807) is 32.4 Å². The van der Waals surface area contributed by atoms with E-state index in [1.165, 1.54) is 0 Å². The normalized spacial score (nSPS) is 11.7. The summed E-state index contributed by atoms with van der Waals surface area (Å²) in [6, 6.07) is 10.9. The van der Waals surface area contributed by atoms with Gasteiger partial charge < -0.3 is 14.8 Å². The van der Waals surface area contributed by atoms with Crippen LogP contribution in [0.4, 0.5) is 0 Å². The third-order valence-corrected chi connectivity index (χ3v) is 4.93. The van der Waals surface area contributed by atoms with E-state index in [0.29, 0.717) is 34.4 Å². The summed E-state index contributed by atoms with van der Waals surface area (Å²) >= 11 is 12.3. The maximum absolute atomic E-state index is 12.4. The number of benzene rings is 2. The van der Waals surface area contributed by atoms with Crippen LogP contribution >= 0.6 is 23.2 Å². The highest BCUT2D eigenvalue weighted by molar-refractivity contribution is 6.36. The van der Waals surface area contributed by atoms with Crippen molar-refractivity contribution in [3.63, 3.8) is 0 Å². The molecular weight excluding hydrogens is 373 g/mol. The summed E-state index contributed by atoms with van der Waals surface area (Å²) in [6.45, 7) is 2.02. The lowest BCUT2D eigenvalue weighted by Gasteiger charge is -2.19. The molecule has 0 radical (unpaired) electrons. The van der Waals surface area contributed by atoms with Gasteiger partial charge in [0.15, 0.2) is 11.5 Å². The van der Waals surface area contributed by atoms with E-state index in [2.05, 4.69) is 5.32 Å². The molecule has 0 saturated carbocycles. The van der Waals surface area contributed by atoms with Crippen LogP contribution in [-0.2, 0) is 11.2 Å². The molecule has 1 atom stereocenters. The summed E-state index contributed by atoms with van der Waals surface area (Å²) in [5.41, 5.74) is 1.76. The monoisotopic (exact) mass is 395 g/mol. The summed E-state index contributed by atoms with van der Waals surface area (Å²) in [6.07, 6.45) is 1.56. The number of rotatable bonds is 8. The topological polar surface area (TPSA) is 47.6 Å². The van der Waals surface area contributed by atoms with Gasteiger partial charge in [0.05, 0.1) is 20.3 Å². The van der Waals surface area contributed by atoms with Crippen LogP contribution in [-0.4, -0.2) is 20.1 Å². The third-order valence-electron chi connectivity index (χ3n) is 4.22. The number of carbonyl (C=O) groups excluding carboxylic acids is 1. The first-order valence-electron chi connectivity index (χ1n) is 8.44. The number of methoxy groups -OCH3 is 2. The van der Waals surface area contributed by atoms with Crippen LogP contribution in [0.3, 0.4) is 0 Å². The summed E-state index contributed by atoms with van der Waals surface area (Å²) in [5.74, 6) is 1.24. The molecule has 2 aromatic carbocycles. The smallest absolute Gasteiger partial charge is 0.220 e. The van der Waals surface area contributed by atoms with Gasteiger partial charge in [0.1, 0.15) is 0 Å². The van der Waals surface area contributed by atoms with Gasteiger partial charge in [-0.25, -0.2) is 0 Å².